The summed E-state index contributed by atoms with van der Waals surface area (Å²) in [5.74, 6) is -0.894. The zero-order valence-electron chi connectivity index (χ0n) is 9.84. The summed E-state index contributed by atoms with van der Waals surface area (Å²) in [6, 6.07) is 4.70. The second-order valence-electron chi connectivity index (χ2n) is 4.76. The molecule has 2 rings (SSSR count). The Hall–Kier alpha value is -1.71. The van der Waals surface area contributed by atoms with Crippen molar-refractivity contribution in [2.45, 2.75) is 32.2 Å². The van der Waals surface area contributed by atoms with Gasteiger partial charge in [0.2, 0.25) is 5.91 Å². The number of piperidine rings is 1. The number of halogens is 1. The lowest BCUT2D eigenvalue weighted by Gasteiger charge is -2.34. The highest BCUT2D eigenvalue weighted by Gasteiger charge is 2.38. The van der Waals surface area contributed by atoms with E-state index in [1.807, 2.05) is 6.92 Å². The highest BCUT2D eigenvalue weighted by molar-refractivity contribution is 6.01. The van der Waals surface area contributed by atoms with Crippen LogP contribution in [0.2, 0.25) is 0 Å². The van der Waals surface area contributed by atoms with E-state index in [2.05, 4.69) is 5.32 Å². The molecule has 0 bridgehead atoms. The van der Waals surface area contributed by atoms with Gasteiger partial charge in [-0.1, -0.05) is 17.7 Å². The molecule has 1 heterocycles. The third-order valence-corrected chi connectivity index (χ3v) is 3.04. The molecule has 1 aromatic rings. The lowest BCUT2D eigenvalue weighted by molar-refractivity contribution is -0.134. The zero-order valence-corrected chi connectivity index (χ0v) is 9.84. The van der Waals surface area contributed by atoms with Crippen molar-refractivity contribution in [1.29, 1.82) is 0 Å². The standard InChI is InChI=1S/C13H14FNO2/c1-8-3-4-11(14)10(5-8)13(2)7-9(16)6-12(17)15-13/h3-5H,6-7H2,1-2H3,(H,15,17)/t13-/m0/s1. The average Bonchev–Trinajstić information content (AvgIpc) is 2.19. The normalized spacial score (nSPS) is 24.6. The Morgan fingerprint density at radius 2 is 2.06 bits per heavy atom. The number of rotatable bonds is 1. The van der Waals surface area contributed by atoms with Crippen molar-refractivity contribution >= 4 is 11.7 Å². The van der Waals surface area contributed by atoms with Gasteiger partial charge in [-0.3, -0.25) is 9.59 Å². The summed E-state index contributed by atoms with van der Waals surface area (Å²) in [7, 11) is 0. The van der Waals surface area contributed by atoms with Gasteiger partial charge in [-0.05, 0) is 19.9 Å². The van der Waals surface area contributed by atoms with Crippen LogP contribution in [-0.2, 0) is 15.1 Å². The molecule has 0 unspecified atom stereocenters. The Morgan fingerprint density at radius 3 is 2.71 bits per heavy atom. The molecule has 1 aliphatic heterocycles. The molecule has 0 aliphatic carbocycles. The van der Waals surface area contributed by atoms with Gasteiger partial charge < -0.3 is 5.32 Å². The number of benzene rings is 1. The van der Waals surface area contributed by atoms with Crippen LogP contribution in [0.25, 0.3) is 0 Å². The van der Waals surface area contributed by atoms with Gasteiger partial charge in [-0.2, -0.15) is 0 Å². The fourth-order valence-electron chi connectivity index (χ4n) is 2.26. The van der Waals surface area contributed by atoms with E-state index in [-0.39, 0.29) is 24.5 Å². The number of Topliss-reactive ketones (excluding diaryl/α,β-unsaturated/α-hetero) is 1. The lowest BCUT2D eigenvalue weighted by atomic mass is 9.82. The molecule has 0 spiro atoms. The average molecular weight is 235 g/mol. The van der Waals surface area contributed by atoms with Gasteiger partial charge in [-0.25, -0.2) is 4.39 Å². The number of aryl methyl sites for hydroxylation is 1. The molecule has 1 fully saturated rings. The highest BCUT2D eigenvalue weighted by Crippen LogP contribution is 2.31. The first-order chi connectivity index (χ1) is 7.90. The maximum atomic E-state index is 13.8. The van der Waals surface area contributed by atoms with Crippen molar-refractivity contribution in [3.8, 4) is 0 Å². The van der Waals surface area contributed by atoms with E-state index >= 15 is 0 Å². The summed E-state index contributed by atoms with van der Waals surface area (Å²) in [4.78, 5) is 22.9. The molecular formula is C13H14FNO2. The van der Waals surface area contributed by atoms with Crippen molar-refractivity contribution in [2.75, 3.05) is 0 Å². The van der Waals surface area contributed by atoms with Crippen LogP contribution < -0.4 is 5.32 Å². The minimum Gasteiger partial charge on any atom is -0.346 e. The molecule has 1 aliphatic rings. The van der Waals surface area contributed by atoms with E-state index in [0.29, 0.717) is 5.56 Å². The third-order valence-electron chi connectivity index (χ3n) is 3.04. The quantitative estimate of drug-likeness (QED) is 0.755. The largest absolute Gasteiger partial charge is 0.346 e. The Balaban J connectivity index is 2.46. The van der Waals surface area contributed by atoms with Crippen molar-refractivity contribution < 1.29 is 14.0 Å². The van der Waals surface area contributed by atoms with Crippen molar-refractivity contribution in [3.63, 3.8) is 0 Å². The third kappa shape index (κ3) is 2.20. The van der Waals surface area contributed by atoms with Crippen LogP contribution in [0.5, 0.6) is 0 Å². The van der Waals surface area contributed by atoms with Crippen molar-refractivity contribution in [3.05, 3.63) is 35.1 Å². The number of amides is 1. The summed E-state index contributed by atoms with van der Waals surface area (Å²) in [5.41, 5.74) is 0.344. The molecule has 1 amide bonds. The van der Waals surface area contributed by atoms with Gasteiger partial charge in [0, 0.05) is 12.0 Å². The predicted molar refractivity (Wildman–Crippen MR) is 60.9 cm³/mol. The van der Waals surface area contributed by atoms with Crippen LogP contribution >= 0.6 is 0 Å². The molecule has 17 heavy (non-hydrogen) atoms. The Bertz CT molecular complexity index is 480. The number of hydrogen-bond donors (Lipinski definition) is 1. The van der Waals surface area contributed by atoms with Gasteiger partial charge in [0.1, 0.15) is 11.6 Å². The molecule has 1 aromatic carbocycles. The number of carbonyl (C=O) groups excluding carboxylic acids is 2. The van der Waals surface area contributed by atoms with Gasteiger partial charge >= 0.3 is 0 Å². The minimum absolute atomic E-state index is 0.108. The molecule has 90 valence electrons. The number of nitrogens with one attached hydrogen (secondary N) is 1. The topological polar surface area (TPSA) is 46.2 Å². The Kier molecular flexibility index (Phi) is 2.73. The van der Waals surface area contributed by atoms with E-state index in [1.165, 1.54) is 6.07 Å². The van der Waals surface area contributed by atoms with E-state index in [9.17, 15) is 14.0 Å². The maximum Gasteiger partial charge on any atom is 0.228 e. The van der Waals surface area contributed by atoms with E-state index in [1.54, 1.807) is 19.1 Å². The molecule has 1 N–H and O–H groups in total. The van der Waals surface area contributed by atoms with Gasteiger partial charge in [-0.15, -0.1) is 0 Å². The van der Waals surface area contributed by atoms with Crippen LogP contribution in [0, 0.1) is 12.7 Å². The molecule has 1 saturated heterocycles. The number of hydrogen-bond acceptors (Lipinski definition) is 2. The van der Waals surface area contributed by atoms with Crippen LogP contribution in [0.15, 0.2) is 18.2 Å². The molecule has 4 heteroatoms. The van der Waals surface area contributed by atoms with Gasteiger partial charge in [0.25, 0.3) is 0 Å². The van der Waals surface area contributed by atoms with Gasteiger partial charge in [0.05, 0.1) is 12.0 Å². The Labute approximate surface area is 99.0 Å². The maximum absolute atomic E-state index is 13.8. The highest BCUT2D eigenvalue weighted by atomic mass is 19.1. The summed E-state index contributed by atoms with van der Waals surface area (Å²) in [6.45, 7) is 3.53. The molecule has 1 atom stereocenters. The monoisotopic (exact) mass is 235 g/mol. The first kappa shape index (κ1) is 11.8. The molecule has 0 saturated carbocycles. The van der Waals surface area contributed by atoms with Crippen molar-refractivity contribution in [2.24, 2.45) is 0 Å². The van der Waals surface area contributed by atoms with Crippen LogP contribution in [-0.4, -0.2) is 11.7 Å². The molecule has 0 aromatic heterocycles. The zero-order chi connectivity index (χ0) is 12.6. The van der Waals surface area contributed by atoms with Crippen molar-refractivity contribution in [1.82, 2.24) is 5.32 Å². The lowest BCUT2D eigenvalue weighted by Crippen LogP contribution is -2.50. The number of ketones is 1. The van der Waals surface area contributed by atoms with E-state index in [0.717, 1.165) is 5.56 Å². The summed E-state index contributed by atoms with van der Waals surface area (Å²) in [5, 5.41) is 2.71. The molecular weight excluding hydrogens is 221 g/mol. The first-order valence-corrected chi connectivity index (χ1v) is 5.50. The van der Waals surface area contributed by atoms with E-state index in [4.69, 9.17) is 0 Å². The summed E-state index contributed by atoms with van der Waals surface area (Å²) in [6.07, 6.45) is 0.0299. The molecule has 0 radical (unpaired) electrons. The van der Waals surface area contributed by atoms with Crippen LogP contribution in [0.3, 0.4) is 0 Å². The van der Waals surface area contributed by atoms with Gasteiger partial charge in [0.15, 0.2) is 0 Å². The fourth-order valence-corrected chi connectivity index (χ4v) is 2.26. The predicted octanol–water partition coefficient (Wildman–Crippen LogP) is 1.83. The summed E-state index contributed by atoms with van der Waals surface area (Å²) < 4.78 is 13.8. The first-order valence-electron chi connectivity index (χ1n) is 5.50. The van der Waals surface area contributed by atoms with Crippen LogP contribution in [0.1, 0.15) is 30.9 Å². The second-order valence-corrected chi connectivity index (χ2v) is 4.76. The summed E-state index contributed by atoms with van der Waals surface area (Å²) >= 11 is 0. The Morgan fingerprint density at radius 1 is 1.35 bits per heavy atom. The van der Waals surface area contributed by atoms with E-state index < -0.39 is 11.4 Å². The smallest absolute Gasteiger partial charge is 0.228 e. The second kappa shape index (κ2) is 3.95. The van der Waals surface area contributed by atoms with Crippen LogP contribution in [0.4, 0.5) is 4.39 Å². The fraction of sp³-hybridized carbons (Fsp3) is 0.385. The number of carbonyl (C=O) groups is 2. The minimum atomic E-state index is -0.928. The SMILES string of the molecule is Cc1ccc(F)c([C@]2(C)CC(=O)CC(=O)N2)c1. The molecule has 3 nitrogen and oxygen atoms in total.